The van der Waals surface area contributed by atoms with Crippen LogP contribution in [-0.4, -0.2) is 41.5 Å². The molecule has 0 saturated heterocycles. The summed E-state index contributed by atoms with van der Waals surface area (Å²) in [6, 6.07) is 9.27. The number of nitrogens with zero attached hydrogens (tertiary/aromatic N) is 6. The zero-order chi connectivity index (χ0) is 20.0. The van der Waals surface area contributed by atoms with Crippen molar-refractivity contribution in [2.24, 2.45) is 7.05 Å². The SMILES string of the molecule is Cn1cc2c(c(-c3cccnc3)c1=O)C(=O)N(CCc1nc3ccccn3n1)C2. The second-order valence-electron chi connectivity index (χ2n) is 7.07. The summed E-state index contributed by atoms with van der Waals surface area (Å²) in [7, 11) is 1.70. The van der Waals surface area contributed by atoms with E-state index in [1.54, 1.807) is 47.2 Å². The Morgan fingerprint density at radius 2 is 2.00 bits per heavy atom. The zero-order valence-electron chi connectivity index (χ0n) is 15.8. The summed E-state index contributed by atoms with van der Waals surface area (Å²) in [6.07, 6.45) is 7.40. The van der Waals surface area contributed by atoms with E-state index < -0.39 is 0 Å². The van der Waals surface area contributed by atoms with Crippen molar-refractivity contribution in [1.82, 2.24) is 29.0 Å². The number of carbonyl (C=O) groups excluding carboxylic acids is 1. The number of rotatable bonds is 4. The quantitative estimate of drug-likeness (QED) is 0.533. The van der Waals surface area contributed by atoms with Gasteiger partial charge in [0, 0.05) is 62.5 Å². The number of aromatic nitrogens is 5. The van der Waals surface area contributed by atoms with Gasteiger partial charge in [-0.25, -0.2) is 9.50 Å². The summed E-state index contributed by atoms with van der Waals surface area (Å²) in [5.41, 5.74) is 2.97. The van der Waals surface area contributed by atoms with Crippen LogP contribution in [0.15, 0.2) is 59.9 Å². The van der Waals surface area contributed by atoms with Crippen LogP contribution in [0, 0.1) is 0 Å². The number of hydrogen-bond acceptors (Lipinski definition) is 5. The van der Waals surface area contributed by atoms with Crippen LogP contribution in [0.1, 0.15) is 21.7 Å². The number of fused-ring (bicyclic) bond motifs is 2. The topological polar surface area (TPSA) is 85.4 Å². The van der Waals surface area contributed by atoms with Crippen molar-refractivity contribution >= 4 is 11.6 Å². The second kappa shape index (κ2) is 6.66. The van der Waals surface area contributed by atoms with Crippen LogP contribution in [0.3, 0.4) is 0 Å². The number of pyridine rings is 3. The molecule has 5 rings (SSSR count). The van der Waals surface area contributed by atoms with Crippen LogP contribution in [-0.2, 0) is 20.0 Å². The van der Waals surface area contributed by atoms with Crippen molar-refractivity contribution in [1.29, 1.82) is 0 Å². The number of hydrogen-bond donors (Lipinski definition) is 0. The Bertz CT molecular complexity index is 1260. The molecule has 0 spiro atoms. The largest absolute Gasteiger partial charge is 0.334 e. The third-order valence-electron chi connectivity index (χ3n) is 5.16. The molecule has 1 aliphatic heterocycles. The maximum atomic E-state index is 13.2. The lowest BCUT2D eigenvalue weighted by molar-refractivity contribution is 0.0780. The van der Waals surface area contributed by atoms with Crippen molar-refractivity contribution in [3.8, 4) is 11.1 Å². The number of aryl methyl sites for hydroxylation is 1. The normalized spacial score (nSPS) is 13.3. The number of amides is 1. The van der Waals surface area contributed by atoms with Crippen molar-refractivity contribution in [2.45, 2.75) is 13.0 Å². The van der Waals surface area contributed by atoms with E-state index in [0.717, 1.165) is 11.2 Å². The van der Waals surface area contributed by atoms with Crippen LogP contribution in [0.2, 0.25) is 0 Å². The standard InChI is InChI=1S/C21H18N6O2/c1-25-12-15-13-26(10-7-16-23-17-6-2-3-9-27(17)24-16)21(29)19(15)18(20(25)28)14-5-4-8-22-11-14/h2-6,8-9,11-12H,7,10,13H2,1H3. The highest BCUT2D eigenvalue weighted by molar-refractivity contribution is 6.04. The molecule has 0 atom stereocenters. The lowest BCUT2D eigenvalue weighted by Crippen LogP contribution is -2.27. The third-order valence-corrected chi connectivity index (χ3v) is 5.16. The molecule has 0 aromatic carbocycles. The highest BCUT2D eigenvalue weighted by atomic mass is 16.2. The lowest BCUT2D eigenvalue weighted by Gasteiger charge is -2.14. The Morgan fingerprint density at radius 3 is 2.79 bits per heavy atom. The van der Waals surface area contributed by atoms with Crippen molar-refractivity contribution in [3.63, 3.8) is 0 Å². The molecule has 8 heteroatoms. The van der Waals surface area contributed by atoms with Crippen molar-refractivity contribution < 1.29 is 4.79 Å². The summed E-state index contributed by atoms with van der Waals surface area (Å²) in [4.78, 5) is 36.3. The minimum atomic E-state index is -0.200. The Morgan fingerprint density at radius 1 is 1.10 bits per heavy atom. The fraction of sp³-hybridized carbons (Fsp3) is 0.190. The molecule has 0 bridgehead atoms. The van der Waals surface area contributed by atoms with Gasteiger partial charge >= 0.3 is 0 Å². The minimum Gasteiger partial charge on any atom is -0.334 e. The molecular weight excluding hydrogens is 368 g/mol. The van der Waals surface area contributed by atoms with Gasteiger partial charge in [0.2, 0.25) is 0 Å². The Labute approximate surface area is 166 Å². The molecule has 144 valence electrons. The van der Waals surface area contributed by atoms with Crippen LogP contribution >= 0.6 is 0 Å². The first-order chi connectivity index (χ1) is 14.1. The molecule has 1 amide bonds. The Balaban J connectivity index is 1.45. The van der Waals surface area contributed by atoms with E-state index in [9.17, 15) is 9.59 Å². The first-order valence-electron chi connectivity index (χ1n) is 9.34. The van der Waals surface area contributed by atoms with E-state index in [2.05, 4.69) is 15.1 Å². The summed E-state index contributed by atoms with van der Waals surface area (Å²) < 4.78 is 3.25. The second-order valence-corrected chi connectivity index (χ2v) is 7.07. The summed E-state index contributed by atoms with van der Waals surface area (Å²) in [5, 5.41) is 4.45. The van der Waals surface area contributed by atoms with Crippen molar-refractivity contribution in [3.05, 3.63) is 82.4 Å². The third kappa shape index (κ3) is 2.89. The molecule has 1 aliphatic rings. The zero-order valence-corrected chi connectivity index (χ0v) is 15.8. The molecule has 29 heavy (non-hydrogen) atoms. The van der Waals surface area contributed by atoms with E-state index in [1.807, 2.05) is 24.4 Å². The van der Waals surface area contributed by atoms with Gasteiger partial charge in [-0.15, -0.1) is 0 Å². The van der Waals surface area contributed by atoms with Gasteiger partial charge in [0.25, 0.3) is 11.5 Å². The average Bonchev–Trinajstić information content (AvgIpc) is 3.29. The van der Waals surface area contributed by atoms with Crippen LogP contribution in [0.25, 0.3) is 16.8 Å². The van der Waals surface area contributed by atoms with Gasteiger partial charge < -0.3 is 9.47 Å². The van der Waals surface area contributed by atoms with Crippen molar-refractivity contribution in [2.75, 3.05) is 6.54 Å². The summed E-state index contributed by atoms with van der Waals surface area (Å²) in [6.45, 7) is 0.942. The fourth-order valence-corrected chi connectivity index (χ4v) is 3.78. The van der Waals surface area contributed by atoms with Gasteiger partial charge in [0.1, 0.15) is 0 Å². The van der Waals surface area contributed by atoms with Gasteiger partial charge in [-0.3, -0.25) is 14.6 Å². The van der Waals surface area contributed by atoms with E-state index in [0.29, 0.717) is 42.0 Å². The van der Waals surface area contributed by atoms with E-state index in [4.69, 9.17) is 0 Å². The molecule has 8 nitrogen and oxygen atoms in total. The maximum absolute atomic E-state index is 13.2. The molecule has 0 fully saturated rings. The monoisotopic (exact) mass is 386 g/mol. The molecular formula is C21H18N6O2. The van der Waals surface area contributed by atoms with E-state index in [-0.39, 0.29) is 11.5 Å². The van der Waals surface area contributed by atoms with Crippen LogP contribution in [0.5, 0.6) is 0 Å². The van der Waals surface area contributed by atoms with Gasteiger partial charge in [0.15, 0.2) is 11.5 Å². The smallest absolute Gasteiger partial charge is 0.259 e. The van der Waals surface area contributed by atoms with Gasteiger partial charge in [0.05, 0.1) is 11.1 Å². The highest BCUT2D eigenvalue weighted by Crippen LogP contribution is 2.29. The first-order valence-corrected chi connectivity index (χ1v) is 9.34. The molecule has 0 radical (unpaired) electrons. The molecule has 4 aromatic heterocycles. The summed E-state index contributed by atoms with van der Waals surface area (Å²) >= 11 is 0. The molecule has 0 N–H and O–H groups in total. The Hall–Kier alpha value is -3.81. The predicted molar refractivity (Wildman–Crippen MR) is 106 cm³/mol. The maximum Gasteiger partial charge on any atom is 0.259 e. The average molecular weight is 386 g/mol. The minimum absolute atomic E-state index is 0.139. The predicted octanol–water partition coefficient (Wildman–Crippen LogP) is 1.69. The summed E-state index contributed by atoms with van der Waals surface area (Å²) in [5.74, 6) is 0.544. The Kier molecular flexibility index (Phi) is 3.97. The van der Waals surface area contributed by atoms with E-state index in [1.165, 1.54) is 4.57 Å². The molecule has 4 aromatic rings. The van der Waals surface area contributed by atoms with Crippen LogP contribution < -0.4 is 5.56 Å². The fourth-order valence-electron chi connectivity index (χ4n) is 3.78. The molecule has 5 heterocycles. The van der Waals surface area contributed by atoms with Gasteiger partial charge in [-0.1, -0.05) is 12.1 Å². The number of carbonyl (C=O) groups is 1. The lowest BCUT2D eigenvalue weighted by atomic mass is 10.0. The first kappa shape index (κ1) is 17.3. The highest BCUT2D eigenvalue weighted by Gasteiger charge is 2.32. The molecule has 0 unspecified atom stereocenters. The van der Waals surface area contributed by atoms with Gasteiger partial charge in [-0.2, -0.15) is 5.10 Å². The van der Waals surface area contributed by atoms with Gasteiger partial charge in [-0.05, 0) is 18.2 Å². The van der Waals surface area contributed by atoms with E-state index >= 15 is 0 Å². The van der Waals surface area contributed by atoms with Crippen LogP contribution in [0.4, 0.5) is 0 Å². The molecule has 0 saturated carbocycles. The molecule has 0 aliphatic carbocycles.